The summed E-state index contributed by atoms with van der Waals surface area (Å²) in [6.45, 7) is 0.0889. The lowest BCUT2D eigenvalue weighted by molar-refractivity contribution is 0.125. The van der Waals surface area contributed by atoms with Crippen molar-refractivity contribution in [1.82, 2.24) is 10.3 Å². The maximum Gasteiger partial charge on any atom is 0.145 e. The van der Waals surface area contributed by atoms with Gasteiger partial charge in [-0.05, 0) is 37.0 Å². The van der Waals surface area contributed by atoms with Crippen LogP contribution < -0.4 is 5.32 Å². The first-order valence-electron chi connectivity index (χ1n) is 8.74. The number of aromatic nitrogens is 1. The number of nitrogens with one attached hydrogen (secondary N) is 1. The molecule has 136 valence electrons. The van der Waals surface area contributed by atoms with Gasteiger partial charge in [-0.2, -0.15) is 0 Å². The van der Waals surface area contributed by atoms with E-state index >= 15 is 0 Å². The first kappa shape index (κ1) is 18.5. The van der Waals surface area contributed by atoms with Crippen LogP contribution in [-0.4, -0.2) is 22.7 Å². The maximum atomic E-state index is 13.8. The third-order valence-corrected chi connectivity index (χ3v) is 5.38. The van der Waals surface area contributed by atoms with Crippen LogP contribution in [0.2, 0.25) is 0 Å². The van der Waals surface area contributed by atoms with Crippen molar-refractivity contribution in [3.05, 3.63) is 65.7 Å². The number of pyridine rings is 1. The second-order valence-corrected chi connectivity index (χ2v) is 6.74. The molecule has 4 nitrogen and oxygen atoms in total. The lowest BCUT2D eigenvalue weighted by Crippen LogP contribution is -2.50. The summed E-state index contributed by atoms with van der Waals surface area (Å²) in [5, 5.41) is 7.54. The molecule has 3 rings (SSSR count). The largest absolute Gasteiger partial charge is 0.391 e. The number of hydrogen-bond donors (Lipinski definition) is 1. The van der Waals surface area contributed by atoms with Crippen LogP contribution in [0.15, 0.2) is 53.9 Å². The SMILES string of the molecule is CNC(=S)C1(c2cccnc2)CCCC/C1=N/OCc1ccccc1F. The van der Waals surface area contributed by atoms with E-state index in [0.717, 1.165) is 37.0 Å². The van der Waals surface area contributed by atoms with E-state index in [1.54, 1.807) is 24.4 Å². The van der Waals surface area contributed by atoms with Gasteiger partial charge < -0.3 is 10.2 Å². The minimum Gasteiger partial charge on any atom is -0.391 e. The van der Waals surface area contributed by atoms with E-state index in [1.807, 2.05) is 25.4 Å². The Morgan fingerprint density at radius 1 is 1.31 bits per heavy atom. The van der Waals surface area contributed by atoms with Gasteiger partial charge in [0.1, 0.15) is 12.4 Å². The highest BCUT2D eigenvalue weighted by Gasteiger charge is 2.44. The minimum atomic E-state index is -0.522. The van der Waals surface area contributed by atoms with Crippen molar-refractivity contribution in [2.75, 3.05) is 7.05 Å². The molecule has 1 atom stereocenters. The number of halogens is 1. The Balaban J connectivity index is 1.91. The molecule has 1 N–H and O–H groups in total. The molecule has 0 amide bonds. The summed E-state index contributed by atoms with van der Waals surface area (Å²) >= 11 is 5.68. The Morgan fingerprint density at radius 2 is 2.15 bits per heavy atom. The zero-order valence-corrected chi connectivity index (χ0v) is 15.6. The van der Waals surface area contributed by atoms with E-state index < -0.39 is 5.41 Å². The van der Waals surface area contributed by atoms with Gasteiger partial charge in [0.25, 0.3) is 0 Å². The van der Waals surface area contributed by atoms with Crippen molar-refractivity contribution >= 4 is 22.9 Å². The fraction of sp³-hybridized carbons (Fsp3) is 0.350. The molecule has 26 heavy (non-hydrogen) atoms. The molecule has 0 aliphatic heterocycles. The molecule has 1 aliphatic rings. The number of hydrogen-bond acceptors (Lipinski definition) is 4. The van der Waals surface area contributed by atoms with E-state index in [1.165, 1.54) is 6.07 Å². The summed E-state index contributed by atoms with van der Waals surface area (Å²) in [6.07, 6.45) is 7.28. The van der Waals surface area contributed by atoms with Crippen LogP contribution >= 0.6 is 12.2 Å². The fourth-order valence-electron chi connectivity index (χ4n) is 3.47. The number of rotatable bonds is 5. The number of nitrogens with zero attached hydrogens (tertiary/aromatic N) is 2. The van der Waals surface area contributed by atoms with Crippen molar-refractivity contribution in [2.24, 2.45) is 5.16 Å². The van der Waals surface area contributed by atoms with Crippen molar-refractivity contribution in [1.29, 1.82) is 0 Å². The highest BCUT2D eigenvalue weighted by atomic mass is 32.1. The van der Waals surface area contributed by atoms with E-state index in [2.05, 4.69) is 15.5 Å². The monoisotopic (exact) mass is 371 g/mol. The standard InChI is InChI=1S/C20H22FN3OS/c1-22-19(26)20(16-8-6-12-23-13-16)11-5-4-10-18(20)24-25-14-15-7-2-3-9-17(15)21/h2-3,6-9,12-13H,4-5,10-11,14H2,1H3,(H,22,26)/b24-18-. The third kappa shape index (κ3) is 3.60. The van der Waals surface area contributed by atoms with Gasteiger partial charge in [-0.1, -0.05) is 48.1 Å². The van der Waals surface area contributed by atoms with Crippen molar-refractivity contribution in [3.63, 3.8) is 0 Å². The van der Waals surface area contributed by atoms with Crippen molar-refractivity contribution in [3.8, 4) is 0 Å². The predicted octanol–water partition coefficient (Wildman–Crippen LogP) is 4.15. The van der Waals surface area contributed by atoms with Crippen LogP contribution in [0.25, 0.3) is 0 Å². The Morgan fingerprint density at radius 3 is 2.88 bits per heavy atom. The molecular formula is C20H22FN3OS. The number of likely N-dealkylation sites (N-methyl/N-ethyl adjacent to an activating group) is 1. The van der Waals surface area contributed by atoms with E-state index in [4.69, 9.17) is 17.1 Å². The number of benzene rings is 1. The van der Waals surface area contributed by atoms with Crippen molar-refractivity contribution in [2.45, 2.75) is 37.7 Å². The summed E-state index contributed by atoms with van der Waals surface area (Å²) in [4.78, 5) is 10.5. The van der Waals surface area contributed by atoms with Crippen LogP contribution in [0.4, 0.5) is 4.39 Å². The lowest BCUT2D eigenvalue weighted by Gasteiger charge is -2.38. The Labute approximate surface area is 158 Å². The van der Waals surface area contributed by atoms with Gasteiger partial charge in [0.15, 0.2) is 0 Å². The number of thiocarbonyl (C=S) groups is 1. The van der Waals surface area contributed by atoms with Gasteiger partial charge in [0.05, 0.1) is 16.1 Å². The average Bonchev–Trinajstić information content (AvgIpc) is 2.70. The molecule has 1 unspecified atom stereocenters. The minimum absolute atomic E-state index is 0.0889. The van der Waals surface area contributed by atoms with Gasteiger partial charge in [0.2, 0.25) is 0 Å². The van der Waals surface area contributed by atoms with Crippen molar-refractivity contribution < 1.29 is 9.23 Å². The topological polar surface area (TPSA) is 46.5 Å². The van der Waals surface area contributed by atoms with E-state index in [9.17, 15) is 4.39 Å². The molecule has 1 saturated carbocycles. The molecule has 1 aromatic carbocycles. The van der Waals surface area contributed by atoms with Crippen LogP contribution in [0.5, 0.6) is 0 Å². The smallest absolute Gasteiger partial charge is 0.145 e. The summed E-state index contributed by atoms with van der Waals surface area (Å²) in [5.74, 6) is -0.291. The molecule has 1 fully saturated rings. The normalized spacial score (nSPS) is 21.4. The summed E-state index contributed by atoms with van der Waals surface area (Å²) < 4.78 is 13.8. The highest BCUT2D eigenvalue weighted by molar-refractivity contribution is 7.80. The molecule has 0 radical (unpaired) electrons. The molecule has 0 saturated heterocycles. The quantitative estimate of drug-likeness (QED) is 0.633. The maximum absolute atomic E-state index is 13.8. The van der Waals surface area contributed by atoms with Gasteiger partial charge in [-0.15, -0.1) is 0 Å². The van der Waals surface area contributed by atoms with Gasteiger partial charge >= 0.3 is 0 Å². The Kier molecular flexibility index (Phi) is 5.93. The molecule has 0 bridgehead atoms. The number of oxime groups is 1. The van der Waals surface area contributed by atoms with Crippen LogP contribution in [0.3, 0.4) is 0 Å². The average molecular weight is 371 g/mol. The first-order valence-corrected chi connectivity index (χ1v) is 9.14. The molecule has 1 aliphatic carbocycles. The van der Waals surface area contributed by atoms with Gasteiger partial charge in [-0.25, -0.2) is 4.39 Å². The molecule has 1 heterocycles. The molecule has 1 aromatic heterocycles. The fourth-order valence-corrected chi connectivity index (χ4v) is 3.81. The van der Waals surface area contributed by atoms with Crippen LogP contribution in [0, 0.1) is 5.82 Å². The molecule has 0 spiro atoms. The van der Waals surface area contributed by atoms with Crippen LogP contribution in [-0.2, 0) is 16.9 Å². The molecule has 6 heteroatoms. The Bertz CT molecular complexity index is 797. The second kappa shape index (κ2) is 8.36. The summed E-state index contributed by atoms with van der Waals surface area (Å²) in [5.41, 5.74) is 1.84. The van der Waals surface area contributed by atoms with Gasteiger partial charge in [0, 0.05) is 25.0 Å². The zero-order chi connectivity index (χ0) is 18.4. The summed E-state index contributed by atoms with van der Waals surface area (Å²) in [7, 11) is 1.83. The third-order valence-electron chi connectivity index (χ3n) is 4.83. The molecular weight excluding hydrogens is 349 g/mol. The predicted molar refractivity (Wildman–Crippen MR) is 105 cm³/mol. The Hall–Kier alpha value is -2.34. The first-order chi connectivity index (χ1) is 12.7. The van der Waals surface area contributed by atoms with Gasteiger partial charge in [-0.3, -0.25) is 4.98 Å². The molecule has 2 aromatic rings. The van der Waals surface area contributed by atoms with E-state index in [-0.39, 0.29) is 12.4 Å². The van der Waals surface area contributed by atoms with E-state index in [0.29, 0.717) is 10.6 Å². The lowest BCUT2D eigenvalue weighted by atomic mass is 9.68. The zero-order valence-electron chi connectivity index (χ0n) is 14.7. The summed E-state index contributed by atoms with van der Waals surface area (Å²) in [6, 6.07) is 10.5. The second-order valence-electron chi connectivity index (χ2n) is 6.34. The van der Waals surface area contributed by atoms with Crippen LogP contribution in [0.1, 0.15) is 36.8 Å². The highest BCUT2D eigenvalue weighted by Crippen LogP contribution is 2.38.